The van der Waals surface area contributed by atoms with E-state index in [1.54, 1.807) is 0 Å². The highest BCUT2D eigenvalue weighted by atomic mass is 32.2. The van der Waals surface area contributed by atoms with Crippen LogP contribution in [0.1, 0.15) is 43.0 Å². The summed E-state index contributed by atoms with van der Waals surface area (Å²) in [6.45, 7) is 0. The Hall–Kier alpha value is -4.46. The van der Waals surface area contributed by atoms with E-state index in [1.165, 1.54) is 0 Å². The van der Waals surface area contributed by atoms with Crippen molar-refractivity contribution in [1.29, 1.82) is 0 Å². The highest BCUT2D eigenvalue weighted by molar-refractivity contribution is 7.85. The van der Waals surface area contributed by atoms with E-state index in [2.05, 4.69) is 0 Å². The molecule has 19 heteroatoms. The maximum absolute atomic E-state index is 14.9. The predicted molar refractivity (Wildman–Crippen MR) is 147 cm³/mol. The standard InChI is InChI=1S/C30H16F10O7S2/c31-21-11-5-17(13-23(21)48(43)44)25(41)15-1-7-19(8-2-15)27(33,34)29(37,38)30(39,40)28(35,36)20-9-3-16(4-10-20)26(42)18-6-12-22(32)24(14-18)49(45,46)47/h1-14H,(H,43,44)(H,45,46,47)/p-1. The lowest BCUT2D eigenvalue weighted by Gasteiger charge is -2.37. The van der Waals surface area contributed by atoms with Crippen molar-refractivity contribution >= 4 is 32.8 Å². The third-order valence-electron chi connectivity index (χ3n) is 7.05. The van der Waals surface area contributed by atoms with Gasteiger partial charge in [-0.05, 0) is 47.5 Å². The maximum atomic E-state index is 14.9. The summed E-state index contributed by atoms with van der Waals surface area (Å²) in [5.74, 6) is -30.8. The van der Waals surface area contributed by atoms with Crippen LogP contribution in [0.4, 0.5) is 43.9 Å². The fraction of sp³-hybridized carbons (Fsp3) is 0.133. The van der Waals surface area contributed by atoms with Crippen molar-refractivity contribution in [3.05, 3.63) is 130 Å². The third-order valence-corrected chi connectivity index (χ3v) is 8.59. The number of halogens is 10. The van der Waals surface area contributed by atoms with Gasteiger partial charge in [0, 0.05) is 33.4 Å². The molecular formula is C30H15F10O7S2-. The molecule has 49 heavy (non-hydrogen) atoms. The summed E-state index contributed by atoms with van der Waals surface area (Å²) in [5.41, 5.74) is -6.27. The van der Waals surface area contributed by atoms with Crippen molar-refractivity contribution in [3.8, 4) is 0 Å². The van der Waals surface area contributed by atoms with Crippen LogP contribution in [0.25, 0.3) is 0 Å². The van der Waals surface area contributed by atoms with Crippen molar-refractivity contribution in [2.45, 2.75) is 33.5 Å². The smallest absolute Gasteiger partial charge is 0.382 e. The minimum atomic E-state index is -6.83. The first-order valence-corrected chi connectivity index (χ1v) is 15.4. The van der Waals surface area contributed by atoms with Gasteiger partial charge in [0.05, 0.1) is 4.90 Å². The van der Waals surface area contributed by atoms with Crippen LogP contribution in [0.3, 0.4) is 0 Å². The Morgan fingerprint density at radius 2 is 0.939 bits per heavy atom. The van der Waals surface area contributed by atoms with Gasteiger partial charge in [-0.1, -0.05) is 48.5 Å². The maximum Gasteiger partial charge on any atom is 0.382 e. The fourth-order valence-corrected chi connectivity index (χ4v) is 5.41. The van der Waals surface area contributed by atoms with Gasteiger partial charge in [-0.2, -0.15) is 43.5 Å². The van der Waals surface area contributed by atoms with E-state index < -0.39 is 111 Å². The highest BCUT2D eigenvalue weighted by Gasteiger charge is 2.81. The first-order valence-electron chi connectivity index (χ1n) is 12.9. The zero-order chi connectivity index (χ0) is 36.9. The molecule has 0 amide bonds. The van der Waals surface area contributed by atoms with Crippen LogP contribution in [-0.2, 0) is 33.0 Å². The summed E-state index contributed by atoms with van der Waals surface area (Å²) >= 11 is -3.14. The van der Waals surface area contributed by atoms with Crippen molar-refractivity contribution in [2.75, 3.05) is 0 Å². The third kappa shape index (κ3) is 6.62. The van der Waals surface area contributed by atoms with Crippen LogP contribution < -0.4 is 0 Å². The second-order valence-electron chi connectivity index (χ2n) is 10.1. The number of ketones is 2. The molecule has 0 heterocycles. The number of alkyl halides is 8. The average molecular weight is 742 g/mol. The van der Waals surface area contributed by atoms with E-state index in [9.17, 15) is 70.7 Å². The van der Waals surface area contributed by atoms with Crippen molar-refractivity contribution < 1.29 is 75.2 Å². The number of carbonyl (C=O) groups excluding carboxylic acids is 2. The van der Waals surface area contributed by atoms with Gasteiger partial charge in [-0.3, -0.25) is 18.4 Å². The predicted octanol–water partition coefficient (Wildman–Crippen LogP) is 7.07. The lowest BCUT2D eigenvalue weighted by atomic mass is 9.89. The molecule has 4 aromatic carbocycles. The zero-order valence-electron chi connectivity index (χ0n) is 23.6. The summed E-state index contributed by atoms with van der Waals surface area (Å²) in [5, 5.41) is 0. The molecule has 0 fully saturated rings. The number of hydrogen-bond acceptors (Lipinski definition) is 6. The van der Waals surface area contributed by atoms with E-state index >= 15 is 0 Å². The Morgan fingerprint density at radius 1 is 0.592 bits per heavy atom. The molecule has 0 aliphatic heterocycles. The number of rotatable bonds is 11. The fourth-order valence-electron chi connectivity index (χ4n) is 4.37. The molecule has 1 unspecified atom stereocenters. The summed E-state index contributed by atoms with van der Waals surface area (Å²) < 4.78 is 200. The van der Waals surface area contributed by atoms with E-state index in [1.807, 2.05) is 0 Å². The quantitative estimate of drug-likeness (QED) is 0.0754. The Bertz CT molecular complexity index is 2090. The van der Waals surface area contributed by atoms with Crippen molar-refractivity contribution in [3.63, 3.8) is 0 Å². The summed E-state index contributed by atoms with van der Waals surface area (Å²) in [7, 11) is -5.17. The Labute approximate surface area is 271 Å². The molecule has 4 aromatic rings. The van der Waals surface area contributed by atoms with Gasteiger partial charge in [0.1, 0.15) is 16.5 Å². The molecule has 7 nitrogen and oxygen atoms in total. The molecule has 1 atom stereocenters. The SMILES string of the molecule is O=C(c1ccc(C(F)(F)C(F)(F)C(F)(F)C(F)(F)c2ccc(C(=O)c3ccc(F)c(S(=O)(=O)O)c3)cc2)cc1)c1ccc(F)c(S(=O)[O-])c1. The number of carbonyl (C=O) groups is 2. The van der Waals surface area contributed by atoms with Gasteiger partial charge in [0.25, 0.3) is 10.1 Å². The lowest BCUT2D eigenvalue weighted by molar-refractivity contribution is -0.374. The number of hydrogen-bond donors (Lipinski definition) is 1. The van der Waals surface area contributed by atoms with Gasteiger partial charge in [0.15, 0.2) is 11.6 Å². The largest absolute Gasteiger partial charge is 0.768 e. The average Bonchev–Trinajstić information content (AvgIpc) is 3.03. The zero-order valence-corrected chi connectivity index (χ0v) is 25.2. The van der Waals surface area contributed by atoms with Crippen LogP contribution in [-0.4, -0.2) is 45.1 Å². The van der Waals surface area contributed by atoms with Crippen molar-refractivity contribution in [2.24, 2.45) is 0 Å². The Balaban J connectivity index is 1.61. The molecule has 0 aliphatic carbocycles. The molecule has 0 spiro atoms. The molecule has 4 rings (SSSR count). The Morgan fingerprint density at radius 3 is 1.31 bits per heavy atom. The molecule has 0 saturated carbocycles. The summed E-state index contributed by atoms with van der Waals surface area (Å²) in [4.78, 5) is 22.9. The first-order chi connectivity index (χ1) is 22.4. The van der Waals surface area contributed by atoms with Crippen LogP contribution in [0.2, 0.25) is 0 Å². The van der Waals surface area contributed by atoms with Crippen LogP contribution >= 0.6 is 0 Å². The van der Waals surface area contributed by atoms with Gasteiger partial charge < -0.3 is 4.55 Å². The molecule has 0 aliphatic rings. The van der Waals surface area contributed by atoms with E-state index in [4.69, 9.17) is 4.55 Å². The molecule has 0 aromatic heterocycles. The number of benzene rings is 4. The highest BCUT2D eigenvalue weighted by Crippen LogP contribution is 2.59. The second kappa shape index (κ2) is 12.8. The lowest BCUT2D eigenvalue weighted by Crippen LogP contribution is -2.59. The molecule has 1 N–H and O–H groups in total. The van der Waals surface area contributed by atoms with E-state index in [-0.39, 0.29) is 24.3 Å². The van der Waals surface area contributed by atoms with E-state index in [0.29, 0.717) is 54.6 Å². The first kappa shape index (κ1) is 37.4. The minimum Gasteiger partial charge on any atom is -0.768 e. The second-order valence-corrected chi connectivity index (χ2v) is 12.4. The van der Waals surface area contributed by atoms with Gasteiger partial charge in [-0.25, -0.2) is 8.78 Å². The van der Waals surface area contributed by atoms with E-state index in [0.717, 1.165) is 6.07 Å². The normalized spacial score (nSPS) is 13.6. The van der Waals surface area contributed by atoms with Crippen molar-refractivity contribution in [1.82, 2.24) is 0 Å². The molecule has 0 radical (unpaired) electrons. The molecule has 0 saturated heterocycles. The Kier molecular flexibility index (Phi) is 9.74. The van der Waals surface area contributed by atoms with Gasteiger partial charge in [-0.15, -0.1) is 0 Å². The molecular weight excluding hydrogens is 726 g/mol. The summed E-state index contributed by atoms with van der Waals surface area (Å²) in [6.07, 6.45) is 0. The van der Waals surface area contributed by atoms with Crippen LogP contribution in [0, 0.1) is 11.6 Å². The van der Waals surface area contributed by atoms with Crippen LogP contribution in [0.5, 0.6) is 0 Å². The molecule has 0 bridgehead atoms. The molecule has 260 valence electrons. The topological polar surface area (TPSA) is 129 Å². The van der Waals surface area contributed by atoms with Crippen LogP contribution in [0.15, 0.2) is 94.7 Å². The van der Waals surface area contributed by atoms with Gasteiger partial charge in [0.2, 0.25) is 0 Å². The monoisotopic (exact) mass is 741 g/mol. The minimum absolute atomic E-state index is 0.0340. The van der Waals surface area contributed by atoms with Gasteiger partial charge >= 0.3 is 23.7 Å². The summed E-state index contributed by atoms with van der Waals surface area (Å²) in [6, 6.07) is 5.35.